The van der Waals surface area contributed by atoms with Crippen LogP contribution < -0.4 is 0 Å². The quantitative estimate of drug-likeness (QED) is 0.586. The first kappa shape index (κ1) is 24.2. The van der Waals surface area contributed by atoms with Gasteiger partial charge in [-0.25, -0.2) is 4.79 Å². The average Bonchev–Trinajstić information content (AvgIpc) is 3.43. The van der Waals surface area contributed by atoms with E-state index in [1.807, 2.05) is 81.4 Å². The predicted octanol–water partition coefficient (Wildman–Crippen LogP) is 3.26. The van der Waals surface area contributed by atoms with Crippen molar-refractivity contribution in [1.82, 2.24) is 4.90 Å². The Morgan fingerprint density at radius 1 is 0.971 bits per heavy atom. The SMILES string of the molecule is C[C@H]1[C@@H]2OC(C)(C)O[C@@H]2[C@@H]2[C@H]([C@H](OCc3ccccc3)[C@@H](O)COCc3ccccc3)OC(=O)N21. The van der Waals surface area contributed by atoms with E-state index in [0.717, 1.165) is 11.1 Å². The maximum absolute atomic E-state index is 12.9. The number of hydrogen-bond acceptors (Lipinski definition) is 7. The number of nitrogens with zero attached hydrogens (tertiary/aromatic N) is 1. The van der Waals surface area contributed by atoms with Crippen molar-refractivity contribution in [2.75, 3.05) is 6.61 Å². The van der Waals surface area contributed by atoms with Crippen molar-refractivity contribution in [3.05, 3.63) is 71.8 Å². The molecule has 1 N–H and O–H groups in total. The second-order valence-corrected chi connectivity index (χ2v) is 9.88. The summed E-state index contributed by atoms with van der Waals surface area (Å²) in [6.45, 7) is 6.31. The maximum Gasteiger partial charge on any atom is 0.411 e. The fourth-order valence-corrected chi connectivity index (χ4v) is 5.34. The van der Waals surface area contributed by atoms with Gasteiger partial charge in [-0.1, -0.05) is 60.7 Å². The molecule has 35 heavy (non-hydrogen) atoms. The minimum Gasteiger partial charge on any atom is -0.441 e. The van der Waals surface area contributed by atoms with Gasteiger partial charge in [-0.3, -0.25) is 4.90 Å². The number of amides is 1. The number of rotatable bonds is 9. The Labute approximate surface area is 205 Å². The first-order valence-corrected chi connectivity index (χ1v) is 12.1. The van der Waals surface area contributed by atoms with Gasteiger partial charge in [0.1, 0.15) is 30.5 Å². The monoisotopic (exact) mass is 483 g/mol. The molecule has 8 nitrogen and oxygen atoms in total. The number of carbonyl (C=O) groups excluding carboxylic acids is 1. The summed E-state index contributed by atoms with van der Waals surface area (Å²) >= 11 is 0. The summed E-state index contributed by atoms with van der Waals surface area (Å²) < 4.78 is 30.2. The van der Waals surface area contributed by atoms with E-state index in [1.165, 1.54) is 0 Å². The molecule has 2 aromatic carbocycles. The van der Waals surface area contributed by atoms with E-state index in [1.54, 1.807) is 4.90 Å². The Hall–Kier alpha value is -2.49. The summed E-state index contributed by atoms with van der Waals surface area (Å²) in [7, 11) is 0. The van der Waals surface area contributed by atoms with Gasteiger partial charge in [0.2, 0.25) is 0 Å². The zero-order valence-corrected chi connectivity index (χ0v) is 20.3. The standard InChI is InChI=1S/C27H33NO7/c1-17-22-25(35-27(2,3)34-22)21-24(33-26(30)28(17)21)23(32-15-19-12-8-5-9-13-19)20(29)16-31-14-18-10-6-4-7-11-18/h4-13,17,20-25,29H,14-16H2,1-3H3/t17-,20-,21-,22-,23+,24+,25+/m0/s1. The van der Waals surface area contributed by atoms with Gasteiger partial charge in [0, 0.05) is 0 Å². The van der Waals surface area contributed by atoms with Crippen LogP contribution in [0.25, 0.3) is 0 Å². The molecule has 7 atom stereocenters. The van der Waals surface area contributed by atoms with Gasteiger partial charge in [-0.15, -0.1) is 0 Å². The van der Waals surface area contributed by atoms with E-state index < -0.39 is 36.2 Å². The van der Waals surface area contributed by atoms with Gasteiger partial charge in [0.15, 0.2) is 11.9 Å². The Kier molecular flexibility index (Phi) is 6.83. The van der Waals surface area contributed by atoms with Crippen molar-refractivity contribution in [2.45, 2.75) is 82.4 Å². The Morgan fingerprint density at radius 2 is 1.57 bits per heavy atom. The molecule has 5 rings (SSSR count). The van der Waals surface area contributed by atoms with Crippen LogP contribution in [-0.4, -0.2) is 71.1 Å². The lowest BCUT2D eigenvalue weighted by Gasteiger charge is -2.32. The van der Waals surface area contributed by atoms with Crippen molar-refractivity contribution >= 4 is 6.09 Å². The molecule has 0 aromatic heterocycles. The van der Waals surface area contributed by atoms with Gasteiger partial charge in [-0.05, 0) is 31.9 Å². The van der Waals surface area contributed by atoms with Gasteiger partial charge >= 0.3 is 6.09 Å². The first-order valence-electron chi connectivity index (χ1n) is 12.1. The third-order valence-corrected chi connectivity index (χ3v) is 6.91. The van der Waals surface area contributed by atoms with Crippen molar-refractivity contribution in [3.63, 3.8) is 0 Å². The van der Waals surface area contributed by atoms with E-state index in [9.17, 15) is 9.90 Å². The summed E-state index contributed by atoms with van der Waals surface area (Å²) in [6, 6.07) is 18.8. The molecule has 8 heteroatoms. The van der Waals surface area contributed by atoms with Crippen LogP contribution in [0.5, 0.6) is 0 Å². The molecule has 3 fully saturated rings. The maximum atomic E-state index is 12.9. The molecule has 188 valence electrons. The largest absolute Gasteiger partial charge is 0.441 e. The Balaban J connectivity index is 1.34. The zero-order valence-electron chi connectivity index (χ0n) is 20.3. The van der Waals surface area contributed by atoms with Crippen LogP contribution in [0, 0.1) is 0 Å². The first-order chi connectivity index (χ1) is 16.8. The van der Waals surface area contributed by atoms with Gasteiger partial charge in [-0.2, -0.15) is 0 Å². The number of benzene rings is 2. The minimum absolute atomic E-state index is 0.0294. The van der Waals surface area contributed by atoms with E-state index in [4.69, 9.17) is 23.7 Å². The highest BCUT2D eigenvalue weighted by Crippen LogP contribution is 2.45. The summed E-state index contributed by atoms with van der Waals surface area (Å²) in [5.41, 5.74) is 1.96. The minimum atomic E-state index is -1.02. The molecule has 3 saturated heterocycles. The van der Waals surface area contributed by atoms with Crippen LogP contribution in [0.3, 0.4) is 0 Å². The smallest absolute Gasteiger partial charge is 0.411 e. The van der Waals surface area contributed by atoms with Crippen molar-refractivity contribution in [1.29, 1.82) is 0 Å². The molecule has 3 aliphatic rings. The average molecular weight is 484 g/mol. The van der Waals surface area contributed by atoms with Crippen molar-refractivity contribution in [2.24, 2.45) is 0 Å². The summed E-state index contributed by atoms with van der Waals surface area (Å²) in [6.07, 6.45) is -3.68. The molecule has 0 aliphatic carbocycles. The fourth-order valence-electron chi connectivity index (χ4n) is 5.34. The van der Waals surface area contributed by atoms with E-state index in [2.05, 4.69) is 0 Å². The zero-order chi connectivity index (χ0) is 24.6. The number of carbonyl (C=O) groups is 1. The van der Waals surface area contributed by atoms with Crippen molar-refractivity contribution in [3.8, 4) is 0 Å². The molecule has 1 amide bonds. The molecule has 3 heterocycles. The molecular weight excluding hydrogens is 450 g/mol. The molecule has 0 unspecified atom stereocenters. The van der Waals surface area contributed by atoms with E-state index in [-0.39, 0.29) is 31.5 Å². The van der Waals surface area contributed by atoms with Crippen LogP contribution in [0.2, 0.25) is 0 Å². The van der Waals surface area contributed by atoms with Crippen LogP contribution in [0.4, 0.5) is 4.79 Å². The number of fused-ring (bicyclic) bond motifs is 3. The lowest BCUT2D eigenvalue weighted by molar-refractivity contribution is -0.170. The lowest BCUT2D eigenvalue weighted by atomic mass is 9.96. The van der Waals surface area contributed by atoms with Crippen LogP contribution in [0.15, 0.2) is 60.7 Å². The fraction of sp³-hybridized carbons (Fsp3) is 0.519. The van der Waals surface area contributed by atoms with Gasteiger partial charge in [0.05, 0.1) is 25.9 Å². The summed E-state index contributed by atoms with van der Waals surface area (Å²) in [5.74, 6) is -0.760. The number of ether oxygens (including phenoxy) is 5. The summed E-state index contributed by atoms with van der Waals surface area (Å²) in [5, 5.41) is 11.2. The molecule has 0 radical (unpaired) electrons. The lowest BCUT2D eigenvalue weighted by Crippen LogP contribution is -2.51. The number of aliphatic hydroxyl groups is 1. The van der Waals surface area contributed by atoms with Crippen LogP contribution in [-0.2, 0) is 36.9 Å². The van der Waals surface area contributed by atoms with Crippen LogP contribution >= 0.6 is 0 Å². The normalized spacial score (nSPS) is 30.6. The topological polar surface area (TPSA) is 86.7 Å². The number of cyclic esters (lactones) is 1. The second kappa shape index (κ2) is 9.87. The molecule has 0 saturated carbocycles. The van der Waals surface area contributed by atoms with E-state index >= 15 is 0 Å². The molecule has 0 spiro atoms. The van der Waals surface area contributed by atoms with Crippen LogP contribution in [0.1, 0.15) is 31.9 Å². The molecule has 3 aliphatic heterocycles. The van der Waals surface area contributed by atoms with E-state index in [0.29, 0.717) is 6.61 Å². The van der Waals surface area contributed by atoms with Crippen molar-refractivity contribution < 1.29 is 33.6 Å². The summed E-state index contributed by atoms with van der Waals surface area (Å²) in [4.78, 5) is 14.6. The molecule has 2 aromatic rings. The highest BCUT2D eigenvalue weighted by Gasteiger charge is 2.65. The Morgan fingerprint density at radius 3 is 2.23 bits per heavy atom. The predicted molar refractivity (Wildman–Crippen MR) is 126 cm³/mol. The second-order valence-electron chi connectivity index (χ2n) is 9.88. The number of aliphatic hydroxyl groups excluding tert-OH is 1. The van der Waals surface area contributed by atoms with Gasteiger partial charge in [0.25, 0.3) is 0 Å². The highest BCUT2D eigenvalue weighted by atomic mass is 16.8. The third kappa shape index (κ3) is 4.94. The Bertz CT molecular complexity index is 1000. The number of hydrogen-bond donors (Lipinski definition) is 1. The third-order valence-electron chi connectivity index (χ3n) is 6.91. The van der Waals surface area contributed by atoms with Gasteiger partial charge < -0.3 is 28.8 Å². The molecular formula is C27H33NO7. The molecule has 0 bridgehead atoms. The highest BCUT2D eigenvalue weighted by molar-refractivity contribution is 5.72.